The summed E-state index contributed by atoms with van der Waals surface area (Å²) in [5, 5.41) is 13.8. The molecule has 0 radical (unpaired) electrons. The van der Waals surface area contributed by atoms with Gasteiger partial charge in [-0.15, -0.1) is 0 Å². The van der Waals surface area contributed by atoms with Crippen molar-refractivity contribution in [2.45, 2.75) is 32.4 Å². The average molecular weight is 399 g/mol. The molecular weight excluding hydrogens is 374 g/mol. The van der Waals surface area contributed by atoms with Gasteiger partial charge in [0.15, 0.2) is 0 Å². The smallest absolute Gasteiger partial charge is 0.407 e. The van der Waals surface area contributed by atoms with Crippen molar-refractivity contribution in [3.63, 3.8) is 0 Å². The van der Waals surface area contributed by atoms with E-state index in [9.17, 15) is 14.4 Å². The Labute approximate surface area is 169 Å². The van der Waals surface area contributed by atoms with Crippen LogP contribution in [0.4, 0.5) is 4.79 Å². The first kappa shape index (κ1) is 21.9. The van der Waals surface area contributed by atoms with Gasteiger partial charge >= 0.3 is 6.09 Å². The number of benzene rings is 2. The van der Waals surface area contributed by atoms with Crippen LogP contribution in [0.2, 0.25) is 0 Å². The zero-order chi connectivity index (χ0) is 21.4. The van der Waals surface area contributed by atoms with Gasteiger partial charge in [-0.2, -0.15) is 0 Å². The number of hydrogen-bond acceptors (Lipinski definition) is 5. The molecule has 29 heavy (non-hydrogen) atoms. The van der Waals surface area contributed by atoms with E-state index in [2.05, 4.69) is 10.6 Å². The summed E-state index contributed by atoms with van der Waals surface area (Å²) in [6.07, 6.45) is -0.741. The summed E-state index contributed by atoms with van der Waals surface area (Å²) < 4.78 is 5.09. The number of hydroxylamine groups is 1. The fourth-order valence-electron chi connectivity index (χ4n) is 2.47. The Morgan fingerprint density at radius 2 is 1.55 bits per heavy atom. The molecule has 8 heteroatoms. The first-order valence-electron chi connectivity index (χ1n) is 9.07. The molecule has 154 valence electrons. The van der Waals surface area contributed by atoms with Crippen LogP contribution < -0.4 is 16.1 Å². The van der Waals surface area contributed by atoms with Crippen LogP contribution in [0.1, 0.15) is 31.1 Å². The summed E-state index contributed by atoms with van der Waals surface area (Å²) in [7, 11) is 0. The third kappa shape index (κ3) is 6.93. The Morgan fingerprint density at radius 1 is 0.966 bits per heavy atom. The third-order valence-corrected chi connectivity index (χ3v) is 3.84. The van der Waals surface area contributed by atoms with Crippen LogP contribution in [-0.4, -0.2) is 41.3 Å². The Bertz CT molecular complexity index is 845. The lowest BCUT2D eigenvalue weighted by molar-refractivity contribution is -0.131. The maximum atomic E-state index is 12.5. The molecule has 2 aromatic carbocycles. The van der Waals surface area contributed by atoms with E-state index in [-0.39, 0.29) is 6.54 Å². The van der Waals surface area contributed by atoms with E-state index in [1.165, 1.54) is 5.48 Å². The van der Waals surface area contributed by atoms with Crippen molar-refractivity contribution in [2.24, 2.45) is 0 Å². The standard InChI is InChI=1S/C21H25N3O5/c1-21(2,3)29-20(27)22-13-17(19(26)24-28)23-18(25)16-11-9-15(10-12-16)14-7-5-4-6-8-14/h4-12,17,28H,13H2,1-3H3,(H,22,27)(H,23,25)(H,24,26)/t17-/m0/s1. The second kappa shape index (κ2) is 9.70. The fourth-order valence-corrected chi connectivity index (χ4v) is 2.47. The molecule has 0 saturated carbocycles. The molecule has 8 nitrogen and oxygen atoms in total. The minimum Gasteiger partial charge on any atom is -0.444 e. The number of amides is 3. The molecule has 4 N–H and O–H groups in total. The highest BCUT2D eigenvalue weighted by Crippen LogP contribution is 2.19. The maximum Gasteiger partial charge on any atom is 0.407 e. The van der Waals surface area contributed by atoms with Gasteiger partial charge in [0.05, 0.1) is 6.54 Å². The van der Waals surface area contributed by atoms with Crippen LogP contribution in [0, 0.1) is 0 Å². The molecule has 1 atom stereocenters. The van der Waals surface area contributed by atoms with Gasteiger partial charge in [0.2, 0.25) is 0 Å². The number of ether oxygens (including phenoxy) is 1. The lowest BCUT2D eigenvalue weighted by Gasteiger charge is -2.22. The predicted octanol–water partition coefficient (Wildman–Crippen LogP) is 2.48. The first-order chi connectivity index (χ1) is 13.7. The molecule has 3 amide bonds. The summed E-state index contributed by atoms with van der Waals surface area (Å²) >= 11 is 0. The van der Waals surface area contributed by atoms with Gasteiger partial charge in [-0.05, 0) is 44.0 Å². The van der Waals surface area contributed by atoms with Crippen molar-refractivity contribution in [3.05, 3.63) is 60.2 Å². The zero-order valence-electron chi connectivity index (χ0n) is 16.6. The average Bonchev–Trinajstić information content (AvgIpc) is 2.69. The Balaban J connectivity index is 2.02. The van der Waals surface area contributed by atoms with Gasteiger partial charge in [0, 0.05) is 5.56 Å². The van der Waals surface area contributed by atoms with Crippen LogP contribution >= 0.6 is 0 Å². The first-order valence-corrected chi connectivity index (χ1v) is 9.07. The number of carbonyl (C=O) groups is 3. The van der Waals surface area contributed by atoms with E-state index in [1.807, 2.05) is 30.3 Å². The molecule has 0 aromatic heterocycles. The number of hydrogen-bond donors (Lipinski definition) is 4. The van der Waals surface area contributed by atoms with Crippen LogP contribution in [0.5, 0.6) is 0 Å². The van der Waals surface area contributed by atoms with Crippen molar-refractivity contribution in [1.82, 2.24) is 16.1 Å². The van der Waals surface area contributed by atoms with Gasteiger partial charge in [-0.25, -0.2) is 10.3 Å². The van der Waals surface area contributed by atoms with Crippen LogP contribution in [0.15, 0.2) is 54.6 Å². The SMILES string of the molecule is CC(C)(C)OC(=O)NC[C@H](NC(=O)c1ccc(-c2ccccc2)cc1)C(=O)NO. The van der Waals surface area contributed by atoms with Gasteiger partial charge in [0.25, 0.3) is 11.8 Å². The van der Waals surface area contributed by atoms with E-state index in [0.29, 0.717) is 5.56 Å². The number of carbonyl (C=O) groups excluding carboxylic acids is 3. The predicted molar refractivity (Wildman–Crippen MR) is 107 cm³/mol. The highest BCUT2D eigenvalue weighted by Gasteiger charge is 2.23. The largest absolute Gasteiger partial charge is 0.444 e. The minimum atomic E-state index is -1.19. The molecule has 0 saturated heterocycles. The lowest BCUT2D eigenvalue weighted by Crippen LogP contribution is -2.52. The highest BCUT2D eigenvalue weighted by molar-refractivity contribution is 5.98. The Hall–Kier alpha value is -3.39. The molecule has 2 aromatic rings. The Kier molecular flexibility index (Phi) is 7.33. The summed E-state index contributed by atoms with van der Waals surface area (Å²) in [5.74, 6) is -1.39. The van der Waals surface area contributed by atoms with Gasteiger partial charge < -0.3 is 15.4 Å². The molecular formula is C21H25N3O5. The van der Waals surface area contributed by atoms with Crippen molar-refractivity contribution >= 4 is 17.9 Å². The van der Waals surface area contributed by atoms with Crippen molar-refractivity contribution in [2.75, 3.05) is 6.54 Å². The van der Waals surface area contributed by atoms with Crippen molar-refractivity contribution < 1.29 is 24.3 Å². The van der Waals surface area contributed by atoms with E-state index >= 15 is 0 Å². The molecule has 0 aliphatic carbocycles. The number of alkyl carbamates (subject to hydrolysis) is 1. The summed E-state index contributed by atoms with van der Waals surface area (Å²) in [6.45, 7) is 4.84. The van der Waals surface area contributed by atoms with Crippen LogP contribution in [0.3, 0.4) is 0 Å². The molecule has 0 unspecified atom stereocenters. The highest BCUT2D eigenvalue weighted by atomic mass is 16.6. The number of nitrogens with one attached hydrogen (secondary N) is 3. The summed E-state index contributed by atoms with van der Waals surface area (Å²) in [4.78, 5) is 36.1. The second-order valence-corrected chi connectivity index (χ2v) is 7.33. The van der Waals surface area contributed by atoms with Gasteiger partial charge in [-0.1, -0.05) is 42.5 Å². The quantitative estimate of drug-likeness (QED) is 0.440. The van der Waals surface area contributed by atoms with E-state index in [0.717, 1.165) is 11.1 Å². The third-order valence-electron chi connectivity index (χ3n) is 3.84. The maximum absolute atomic E-state index is 12.5. The molecule has 0 spiro atoms. The monoisotopic (exact) mass is 399 g/mol. The molecule has 0 heterocycles. The van der Waals surface area contributed by atoms with Crippen molar-refractivity contribution in [1.29, 1.82) is 0 Å². The number of rotatable bonds is 6. The van der Waals surface area contributed by atoms with E-state index in [1.54, 1.807) is 45.0 Å². The normalized spacial score (nSPS) is 11.9. The molecule has 0 bridgehead atoms. The topological polar surface area (TPSA) is 117 Å². The van der Waals surface area contributed by atoms with Crippen LogP contribution in [0.25, 0.3) is 11.1 Å². The fraction of sp³-hybridized carbons (Fsp3) is 0.286. The Morgan fingerprint density at radius 3 is 2.10 bits per heavy atom. The molecule has 0 aliphatic heterocycles. The second-order valence-electron chi connectivity index (χ2n) is 7.33. The minimum absolute atomic E-state index is 0.255. The van der Waals surface area contributed by atoms with E-state index in [4.69, 9.17) is 9.94 Å². The molecule has 0 aliphatic rings. The molecule has 0 fully saturated rings. The van der Waals surface area contributed by atoms with Gasteiger partial charge in [-0.3, -0.25) is 14.8 Å². The molecule has 2 rings (SSSR count). The summed E-state index contributed by atoms with van der Waals surface area (Å²) in [6, 6.07) is 15.3. The lowest BCUT2D eigenvalue weighted by atomic mass is 10.0. The van der Waals surface area contributed by atoms with Gasteiger partial charge in [0.1, 0.15) is 11.6 Å². The van der Waals surface area contributed by atoms with Crippen molar-refractivity contribution in [3.8, 4) is 11.1 Å². The van der Waals surface area contributed by atoms with E-state index < -0.39 is 29.6 Å². The zero-order valence-corrected chi connectivity index (χ0v) is 16.6. The summed E-state index contributed by atoms with van der Waals surface area (Å²) in [5.41, 5.74) is 3.06. The van der Waals surface area contributed by atoms with Crippen LogP contribution in [-0.2, 0) is 9.53 Å².